The molecule has 2 saturated heterocycles. The highest BCUT2D eigenvalue weighted by Crippen LogP contribution is 2.18. The smallest absolute Gasteiger partial charge is 0.401 e. The third kappa shape index (κ3) is 4.15. The standard InChI is InChI=1S/C17H24N4OS/c1-20-8-4-7-16(20)19-17(21-9-11-23-12-10-21)18-14-5-3-6-15(13-14)22-2/h3,5-6,13H,4,7-12H2,1-2H3/p+1. The molecule has 1 aromatic carbocycles. The zero-order valence-electron chi connectivity index (χ0n) is 13.9. The summed E-state index contributed by atoms with van der Waals surface area (Å²) in [5.41, 5.74) is 1.02. The van der Waals surface area contributed by atoms with Gasteiger partial charge in [-0.2, -0.15) is 11.8 Å². The van der Waals surface area contributed by atoms with Crippen LogP contribution in [-0.4, -0.2) is 66.9 Å². The minimum Gasteiger partial charge on any atom is -0.497 e. The molecule has 1 aromatic rings. The lowest BCUT2D eigenvalue weighted by Gasteiger charge is -2.23. The Hall–Kier alpha value is -1.78. The lowest BCUT2D eigenvalue weighted by atomic mass is 10.3. The van der Waals surface area contributed by atoms with Crippen molar-refractivity contribution in [3.63, 3.8) is 0 Å². The second-order valence-corrected chi connectivity index (χ2v) is 7.06. The van der Waals surface area contributed by atoms with E-state index in [1.165, 1.54) is 12.3 Å². The molecule has 2 aliphatic heterocycles. The third-order valence-corrected chi connectivity index (χ3v) is 5.15. The first-order chi connectivity index (χ1) is 11.3. The molecule has 0 aliphatic carbocycles. The average molecular weight is 333 g/mol. The lowest BCUT2D eigenvalue weighted by Crippen LogP contribution is -2.44. The van der Waals surface area contributed by atoms with Crippen molar-refractivity contribution in [3.8, 4) is 5.75 Å². The summed E-state index contributed by atoms with van der Waals surface area (Å²) in [7, 11) is 3.82. The first-order valence-electron chi connectivity index (χ1n) is 8.15. The normalized spacial score (nSPS) is 17.9. The fourth-order valence-corrected chi connectivity index (χ4v) is 3.74. The van der Waals surface area contributed by atoms with Gasteiger partial charge >= 0.3 is 5.96 Å². The number of methoxy groups -OCH3 is 1. The second kappa shape index (κ2) is 7.66. The van der Waals surface area contributed by atoms with Crippen molar-refractivity contribution < 1.29 is 4.74 Å². The van der Waals surface area contributed by atoms with E-state index in [9.17, 15) is 0 Å². The van der Waals surface area contributed by atoms with E-state index in [0.29, 0.717) is 0 Å². The van der Waals surface area contributed by atoms with E-state index in [2.05, 4.69) is 28.2 Å². The van der Waals surface area contributed by atoms with Crippen LogP contribution in [0.4, 0.5) is 5.69 Å². The first-order valence-corrected chi connectivity index (χ1v) is 9.31. The van der Waals surface area contributed by atoms with Crippen LogP contribution in [0.5, 0.6) is 5.75 Å². The van der Waals surface area contributed by atoms with Crippen LogP contribution >= 0.6 is 11.8 Å². The van der Waals surface area contributed by atoms with Crippen molar-refractivity contribution in [2.75, 3.05) is 50.6 Å². The molecule has 0 unspecified atom stereocenters. The van der Waals surface area contributed by atoms with Crippen LogP contribution in [-0.2, 0) is 0 Å². The van der Waals surface area contributed by atoms with E-state index in [0.717, 1.165) is 55.0 Å². The maximum atomic E-state index is 5.32. The minimum atomic E-state index is 0.856. The molecule has 0 aromatic heterocycles. The summed E-state index contributed by atoms with van der Waals surface area (Å²) in [6.07, 6.45) is 2.25. The van der Waals surface area contributed by atoms with Gasteiger partial charge in [0.25, 0.3) is 5.84 Å². The molecule has 0 atom stereocenters. The Balaban J connectivity index is 1.89. The molecule has 0 radical (unpaired) electrons. The maximum absolute atomic E-state index is 5.32. The second-order valence-electron chi connectivity index (χ2n) is 5.83. The number of benzene rings is 1. The molecule has 1 N–H and O–H groups in total. The molecule has 0 spiro atoms. The van der Waals surface area contributed by atoms with Gasteiger partial charge in [-0.15, -0.1) is 0 Å². The Kier molecular flexibility index (Phi) is 5.36. The predicted octanol–water partition coefficient (Wildman–Crippen LogP) is 1.70. The van der Waals surface area contributed by atoms with Crippen molar-refractivity contribution in [1.29, 1.82) is 0 Å². The Morgan fingerprint density at radius 3 is 2.78 bits per heavy atom. The number of amidine groups is 1. The van der Waals surface area contributed by atoms with Gasteiger partial charge in [-0.1, -0.05) is 6.07 Å². The van der Waals surface area contributed by atoms with Gasteiger partial charge in [0, 0.05) is 31.0 Å². The molecule has 2 fully saturated rings. The first kappa shape index (κ1) is 16.1. The minimum absolute atomic E-state index is 0.856. The highest BCUT2D eigenvalue weighted by atomic mass is 32.2. The van der Waals surface area contributed by atoms with Crippen LogP contribution in [0.25, 0.3) is 0 Å². The topological polar surface area (TPSA) is 41.8 Å². The highest BCUT2D eigenvalue weighted by molar-refractivity contribution is 7.99. The molecule has 2 heterocycles. The zero-order valence-corrected chi connectivity index (χ0v) is 14.7. The molecule has 0 saturated carbocycles. The molecule has 3 rings (SSSR count). The fraction of sp³-hybridized carbons (Fsp3) is 0.529. The highest BCUT2D eigenvalue weighted by Gasteiger charge is 2.25. The predicted molar refractivity (Wildman–Crippen MR) is 99.5 cm³/mol. The van der Waals surface area contributed by atoms with Gasteiger partial charge in [0.2, 0.25) is 0 Å². The van der Waals surface area contributed by atoms with Gasteiger partial charge in [-0.3, -0.25) is 10.2 Å². The van der Waals surface area contributed by atoms with E-state index in [1.807, 2.05) is 30.0 Å². The van der Waals surface area contributed by atoms with Crippen molar-refractivity contribution in [1.82, 2.24) is 14.5 Å². The van der Waals surface area contributed by atoms with Crippen LogP contribution in [0.15, 0.2) is 24.3 Å². The number of anilines is 1. The van der Waals surface area contributed by atoms with Crippen LogP contribution in [0, 0.1) is 0 Å². The van der Waals surface area contributed by atoms with E-state index in [-0.39, 0.29) is 0 Å². The molecule has 0 amide bonds. The number of rotatable bonds is 2. The Bertz CT molecular complexity index is 606. The SMILES string of the molecule is COc1cccc(NC(=[N+]=C2CCCN2C)N2CCSCC2)c1. The Morgan fingerprint density at radius 1 is 1.26 bits per heavy atom. The fourth-order valence-electron chi connectivity index (χ4n) is 2.84. The Morgan fingerprint density at radius 2 is 2.09 bits per heavy atom. The summed E-state index contributed by atoms with van der Waals surface area (Å²) in [5, 5.41) is 3.51. The molecular formula is C17H25N4OS+. The monoisotopic (exact) mass is 333 g/mol. The third-order valence-electron chi connectivity index (χ3n) is 4.21. The summed E-state index contributed by atoms with van der Waals surface area (Å²) < 4.78 is 10.3. The van der Waals surface area contributed by atoms with Gasteiger partial charge in [0.05, 0.1) is 32.4 Å². The van der Waals surface area contributed by atoms with Gasteiger partial charge in [0.1, 0.15) is 5.75 Å². The van der Waals surface area contributed by atoms with E-state index in [4.69, 9.17) is 9.40 Å². The molecular weight excluding hydrogens is 308 g/mol. The van der Waals surface area contributed by atoms with Crippen molar-refractivity contribution in [3.05, 3.63) is 24.3 Å². The summed E-state index contributed by atoms with van der Waals surface area (Å²) in [6, 6.07) is 8.02. The number of nitrogens with zero attached hydrogens (tertiary/aromatic N) is 3. The number of likely N-dealkylation sites (tertiary alicyclic amines) is 1. The number of hydrogen-bond acceptors (Lipinski definition) is 2. The molecule has 5 nitrogen and oxygen atoms in total. The van der Waals surface area contributed by atoms with Crippen molar-refractivity contribution in [2.24, 2.45) is 0 Å². The number of hydrogen-bond donors (Lipinski definition) is 1. The van der Waals surface area contributed by atoms with Crippen LogP contribution in [0.2, 0.25) is 0 Å². The molecule has 2 aliphatic rings. The maximum Gasteiger partial charge on any atom is 0.401 e. The van der Waals surface area contributed by atoms with Gasteiger partial charge in [-0.05, 0) is 18.6 Å². The van der Waals surface area contributed by atoms with Crippen LogP contribution in [0.3, 0.4) is 0 Å². The molecule has 124 valence electrons. The molecule has 23 heavy (non-hydrogen) atoms. The van der Waals surface area contributed by atoms with Gasteiger partial charge in [0.15, 0.2) is 0 Å². The summed E-state index contributed by atoms with van der Waals surface area (Å²) >= 11 is 2.01. The van der Waals surface area contributed by atoms with Crippen molar-refractivity contribution >= 4 is 29.2 Å². The zero-order chi connectivity index (χ0) is 16.1. The summed E-state index contributed by atoms with van der Waals surface area (Å²) in [6.45, 7) is 3.18. The van der Waals surface area contributed by atoms with E-state index >= 15 is 0 Å². The average Bonchev–Trinajstić information content (AvgIpc) is 3.00. The van der Waals surface area contributed by atoms with Crippen LogP contribution < -0.4 is 14.7 Å². The molecule has 6 heteroatoms. The quantitative estimate of drug-likeness (QED) is 0.507. The largest absolute Gasteiger partial charge is 0.497 e. The van der Waals surface area contributed by atoms with E-state index < -0.39 is 0 Å². The van der Waals surface area contributed by atoms with Crippen molar-refractivity contribution in [2.45, 2.75) is 12.8 Å². The number of nitrogens with one attached hydrogen (secondary N) is 1. The lowest BCUT2D eigenvalue weighted by molar-refractivity contribution is 0.415. The number of thioether (sulfide) groups is 1. The number of ether oxygens (including phenoxy) is 1. The summed E-state index contributed by atoms with van der Waals surface area (Å²) in [5.74, 6) is 5.30. The Labute approximate surface area is 142 Å². The van der Waals surface area contributed by atoms with Gasteiger partial charge < -0.3 is 9.64 Å². The van der Waals surface area contributed by atoms with Crippen LogP contribution in [0.1, 0.15) is 12.8 Å². The molecule has 0 bridgehead atoms. The summed E-state index contributed by atoms with van der Waals surface area (Å²) in [4.78, 5) is 4.61. The number of guanidine groups is 1. The van der Waals surface area contributed by atoms with E-state index in [1.54, 1.807) is 7.11 Å². The van der Waals surface area contributed by atoms with Gasteiger partial charge in [-0.25, -0.2) is 4.67 Å².